The molecule has 3 N–H and O–H groups in total. The van der Waals surface area contributed by atoms with Crippen molar-refractivity contribution in [2.45, 2.75) is 19.8 Å². The minimum Gasteiger partial charge on any atom is -0.625 e. The second kappa shape index (κ2) is 4.29. The Hall–Kier alpha value is -0.610. The van der Waals surface area contributed by atoms with Crippen LogP contribution in [0.3, 0.4) is 0 Å². The van der Waals surface area contributed by atoms with Crippen molar-refractivity contribution in [1.29, 1.82) is 0 Å². The number of quaternary nitrogens is 1. The number of primary amides is 1. The van der Waals surface area contributed by atoms with Gasteiger partial charge >= 0.3 is 6.03 Å². The highest BCUT2D eigenvalue weighted by molar-refractivity contribution is 5.61. The van der Waals surface area contributed by atoms with Gasteiger partial charge in [0.15, 0.2) is 0 Å². The Morgan fingerprint density at radius 1 is 1.78 bits per heavy atom. The Morgan fingerprint density at radius 2 is 2.33 bits per heavy atom. The monoisotopic (exact) mass is 132 g/mol. The molecule has 9 heavy (non-hydrogen) atoms. The van der Waals surface area contributed by atoms with Crippen molar-refractivity contribution >= 4 is 6.03 Å². The zero-order valence-corrected chi connectivity index (χ0v) is 5.52. The molecule has 0 bridgehead atoms. The average Bonchev–Trinajstić information content (AvgIpc) is 1.82. The lowest BCUT2D eigenvalue weighted by atomic mass is 10.3. The van der Waals surface area contributed by atoms with Crippen molar-refractivity contribution in [3.05, 3.63) is 5.21 Å². The molecule has 0 aliphatic heterocycles. The lowest BCUT2D eigenvalue weighted by Crippen LogP contribution is -3.11. The number of urea groups is 1. The van der Waals surface area contributed by atoms with Crippen molar-refractivity contribution in [2.75, 3.05) is 6.54 Å². The number of unbranched alkanes of at least 4 members (excludes halogenated alkanes) is 1. The summed E-state index contributed by atoms with van der Waals surface area (Å²) in [5, 5.41) is 9.97. The average molecular weight is 132 g/mol. The molecule has 0 aliphatic rings. The lowest BCUT2D eigenvalue weighted by Gasteiger charge is -2.15. The first-order valence-electron chi connectivity index (χ1n) is 3.01. The molecule has 0 aromatic carbocycles. The fourth-order valence-electron chi connectivity index (χ4n) is 0.461. The predicted octanol–water partition coefficient (Wildman–Crippen LogP) is -0.752. The summed E-state index contributed by atoms with van der Waals surface area (Å²) >= 11 is 0. The highest BCUT2D eigenvalue weighted by atomic mass is 16.5. The van der Waals surface area contributed by atoms with E-state index in [4.69, 9.17) is 0 Å². The number of amides is 2. The fraction of sp³-hybridized carbons (Fsp3) is 0.800. The minimum atomic E-state index is -0.816. The molecule has 0 rings (SSSR count). The van der Waals surface area contributed by atoms with Crippen LogP contribution in [0.15, 0.2) is 0 Å². The van der Waals surface area contributed by atoms with Gasteiger partial charge < -0.3 is 10.9 Å². The van der Waals surface area contributed by atoms with Crippen molar-refractivity contribution in [3.63, 3.8) is 0 Å². The third kappa shape index (κ3) is 3.93. The summed E-state index contributed by atoms with van der Waals surface area (Å²) in [6, 6.07) is -0.816. The van der Waals surface area contributed by atoms with Crippen LogP contribution in [0.5, 0.6) is 0 Å². The number of hydrogen-bond donors (Lipinski definition) is 2. The van der Waals surface area contributed by atoms with E-state index < -0.39 is 11.1 Å². The number of nitrogens with one attached hydrogen (secondary N) is 1. The van der Waals surface area contributed by atoms with Crippen molar-refractivity contribution in [3.8, 4) is 0 Å². The Morgan fingerprint density at radius 3 is 2.67 bits per heavy atom. The Kier molecular flexibility index (Phi) is 4.00. The first-order valence-corrected chi connectivity index (χ1v) is 3.01. The van der Waals surface area contributed by atoms with Gasteiger partial charge in [0.1, 0.15) is 0 Å². The summed E-state index contributed by atoms with van der Waals surface area (Å²) in [7, 11) is 0. The fourth-order valence-corrected chi connectivity index (χ4v) is 0.461. The molecular formula is C5H12N2O2. The maximum atomic E-state index is 10.4. The van der Waals surface area contributed by atoms with Crippen LogP contribution < -0.4 is 10.8 Å². The SMILES string of the molecule is CCCC[NH+]([O-])C(N)=O. The zero-order valence-electron chi connectivity index (χ0n) is 5.52. The van der Waals surface area contributed by atoms with Crippen molar-refractivity contribution in [2.24, 2.45) is 5.73 Å². The van der Waals surface area contributed by atoms with Crippen LogP contribution in [0.25, 0.3) is 0 Å². The number of nitrogens with two attached hydrogens (primary N) is 1. The summed E-state index contributed by atoms with van der Waals surface area (Å²) < 4.78 is 0. The van der Waals surface area contributed by atoms with Crippen LogP contribution >= 0.6 is 0 Å². The van der Waals surface area contributed by atoms with Gasteiger partial charge in [0.2, 0.25) is 0 Å². The number of hydrogen-bond acceptors (Lipinski definition) is 2. The molecule has 54 valence electrons. The van der Waals surface area contributed by atoms with Crippen molar-refractivity contribution in [1.82, 2.24) is 0 Å². The molecule has 0 saturated heterocycles. The number of rotatable bonds is 3. The third-order valence-electron chi connectivity index (χ3n) is 1.03. The molecule has 4 heteroatoms. The van der Waals surface area contributed by atoms with Crippen LogP contribution in [0.4, 0.5) is 4.79 Å². The molecule has 0 spiro atoms. The smallest absolute Gasteiger partial charge is 0.412 e. The molecule has 2 amide bonds. The van der Waals surface area contributed by atoms with Gasteiger partial charge in [-0.3, -0.25) is 5.06 Å². The topological polar surface area (TPSA) is 70.6 Å². The zero-order chi connectivity index (χ0) is 7.28. The summed E-state index contributed by atoms with van der Waals surface area (Å²) in [4.78, 5) is 10.1. The van der Waals surface area contributed by atoms with E-state index in [-0.39, 0.29) is 0 Å². The van der Waals surface area contributed by atoms with E-state index in [0.29, 0.717) is 6.54 Å². The largest absolute Gasteiger partial charge is 0.625 e. The second-order valence-electron chi connectivity index (χ2n) is 1.89. The van der Waals surface area contributed by atoms with Crippen LogP contribution in [-0.4, -0.2) is 12.6 Å². The number of hydroxylamine groups is 2. The highest BCUT2D eigenvalue weighted by Gasteiger charge is 2.01. The highest BCUT2D eigenvalue weighted by Crippen LogP contribution is 1.78. The van der Waals surface area contributed by atoms with Crippen molar-refractivity contribution < 1.29 is 9.86 Å². The molecular weight excluding hydrogens is 120 g/mol. The molecule has 0 fully saturated rings. The van der Waals surface area contributed by atoms with Gasteiger partial charge in [-0.05, 0) is 6.42 Å². The molecule has 1 unspecified atom stereocenters. The molecule has 0 aromatic heterocycles. The maximum Gasteiger partial charge on any atom is 0.412 e. The third-order valence-corrected chi connectivity index (χ3v) is 1.03. The van der Waals surface area contributed by atoms with Gasteiger partial charge in [0.05, 0.1) is 6.54 Å². The van der Waals surface area contributed by atoms with Gasteiger partial charge in [0.25, 0.3) is 0 Å². The van der Waals surface area contributed by atoms with E-state index >= 15 is 0 Å². The molecule has 0 heterocycles. The molecule has 0 aliphatic carbocycles. The molecule has 0 radical (unpaired) electrons. The maximum absolute atomic E-state index is 10.4. The van der Waals surface area contributed by atoms with E-state index in [1.54, 1.807) is 0 Å². The standard InChI is InChI=1S/C5H12N2O2/c1-2-3-4-7(9)5(6)8/h7H,2-4H2,1H3,(H2,6,8). The number of carbonyl (C=O) groups excluding carboxylic acids is 1. The van der Waals surface area contributed by atoms with Gasteiger partial charge in [0, 0.05) is 0 Å². The molecule has 0 aromatic rings. The van der Waals surface area contributed by atoms with Gasteiger partial charge in [-0.1, -0.05) is 13.3 Å². The van der Waals surface area contributed by atoms with Crippen LogP contribution in [0.1, 0.15) is 19.8 Å². The Labute approximate surface area is 54.2 Å². The van der Waals surface area contributed by atoms with Crippen LogP contribution in [0, 0.1) is 5.21 Å². The van der Waals surface area contributed by atoms with E-state index in [0.717, 1.165) is 12.8 Å². The van der Waals surface area contributed by atoms with E-state index in [1.165, 1.54) is 0 Å². The Balaban J connectivity index is 3.27. The minimum absolute atomic E-state index is 0.297. The lowest BCUT2D eigenvalue weighted by molar-refractivity contribution is -0.757. The quantitative estimate of drug-likeness (QED) is 0.496. The molecule has 0 saturated carbocycles. The van der Waals surface area contributed by atoms with Crippen LogP contribution in [-0.2, 0) is 0 Å². The second-order valence-corrected chi connectivity index (χ2v) is 1.89. The van der Waals surface area contributed by atoms with E-state index in [9.17, 15) is 10.0 Å². The summed E-state index contributed by atoms with van der Waals surface area (Å²) in [5.74, 6) is 0. The first kappa shape index (κ1) is 8.39. The van der Waals surface area contributed by atoms with E-state index in [2.05, 4.69) is 5.73 Å². The van der Waals surface area contributed by atoms with E-state index in [1.807, 2.05) is 6.92 Å². The predicted molar refractivity (Wildman–Crippen MR) is 33.7 cm³/mol. The van der Waals surface area contributed by atoms with Gasteiger partial charge in [-0.15, -0.1) is 0 Å². The normalized spacial score (nSPS) is 13.1. The molecule has 1 atom stereocenters. The molecule has 4 nitrogen and oxygen atoms in total. The summed E-state index contributed by atoms with van der Waals surface area (Å²) in [6.45, 7) is 2.25. The van der Waals surface area contributed by atoms with Gasteiger partial charge in [-0.25, -0.2) is 4.79 Å². The number of carbonyl (C=O) groups is 1. The van der Waals surface area contributed by atoms with Gasteiger partial charge in [-0.2, -0.15) is 0 Å². The first-order chi connectivity index (χ1) is 4.18. The Bertz CT molecular complexity index is 95.0. The van der Waals surface area contributed by atoms with Crippen LogP contribution in [0.2, 0.25) is 0 Å². The summed E-state index contributed by atoms with van der Waals surface area (Å²) in [5.41, 5.74) is 4.69. The summed E-state index contributed by atoms with van der Waals surface area (Å²) in [6.07, 6.45) is 1.67.